The fourth-order valence-corrected chi connectivity index (χ4v) is 4.13. The molecule has 0 saturated carbocycles. The summed E-state index contributed by atoms with van der Waals surface area (Å²) in [7, 11) is 0. The molecule has 0 amide bonds. The van der Waals surface area contributed by atoms with Gasteiger partial charge in [0, 0.05) is 10.6 Å². The largest absolute Gasteiger partial charge is 0.481 e. The Bertz CT molecular complexity index is 717. The van der Waals surface area contributed by atoms with Gasteiger partial charge >= 0.3 is 5.97 Å². The van der Waals surface area contributed by atoms with Gasteiger partial charge < -0.3 is 5.11 Å². The van der Waals surface area contributed by atoms with Crippen LogP contribution in [0.15, 0.2) is 22.5 Å². The molecule has 108 valence electrons. The molecule has 0 aliphatic heterocycles. The summed E-state index contributed by atoms with van der Waals surface area (Å²) in [6, 6.07) is 7.77. The predicted octanol–water partition coefficient (Wildman–Crippen LogP) is 3.55. The average Bonchev–Trinajstić information content (AvgIpc) is 2.77. The molecule has 2 rings (SSSR count). The van der Waals surface area contributed by atoms with Gasteiger partial charge in [0.15, 0.2) is 4.34 Å². The van der Waals surface area contributed by atoms with E-state index in [0.29, 0.717) is 5.56 Å². The number of carboxylic acid groups (broad SMARTS) is 1. The quantitative estimate of drug-likeness (QED) is 0.853. The van der Waals surface area contributed by atoms with Crippen LogP contribution >= 0.6 is 23.1 Å². The van der Waals surface area contributed by atoms with Crippen LogP contribution in [0.2, 0.25) is 0 Å². The summed E-state index contributed by atoms with van der Waals surface area (Å²) < 4.78 is 0.882. The highest BCUT2D eigenvalue weighted by Gasteiger charge is 2.11. The maximum absolute atomic E-state index is 10.8. The third-order valence-corrected chi connectivity index (χ3v) is 5.36. The molecular weight excluding hydrogens is 304 g/mol. The molecule has 0 bridgehead atoms. The third kappa shape index (κ3) is 4.06. The molecule has 0 fully saturated rings. The van der Waals surface area contributed by atoms with Crippen molar-refractivity contribution in [3.05, 3.63) is 45.5 Å². The molecule has 0 spiro atoms. The van der Waals surface area contributed by atoms with E-state index in [1.54, 1.807) is 11.8 Å². The highest BCUT2D eigenvalue weighted by Crippen LogP contribution is 2.30. The van der Waals surface area contributed by atoms with E-state index in [9.17, 15) is 4.79 Å². The highest BCUT2D eigenvalue weighted by atomic mass is 32.2. The van der Waals surface area contributed by atoms with E-state index in [2.05, 4.69) is 11.1 Å². The zero-order valence-electron chi connectivity index (χ0n) is 11.7. The summed E-state index contributed by atoms with van der Waals surface area (Å²) in [4.78, 5) is 16.0. The number of benzene rings is 1. The zero-order valence-corrected chi connectivity index (χ0v) is 13.3. The minimum absolute atomic E-state index is 0.0277. The van der Waals surface area contributed by atoms with Crippen LogP contribution in [0, 0.1) is 25.2 Å². The molecular formula is C15H14N2O2S2. The Hall–Kier alpha value is -1.84. The molecule has 4 nitrogen and oxygen atoms in total. The van der Waals surface area contributed by atoms with Crippen molar-refractivity contribution < 1.29 is 9.90 Å². The molecule has 0 aliphatic rings. The van der Waals surface area contributed by atoms with Crippen molar-refractivity contribution in [2.45, 2.75) is 30.4 Å². The second-order valence-electron chi connectivity index (χ2n) is 4.60. The summed E-state index contributed by atoms with van der Waals surface area (Å²) in [6.07, 6.45) is 0.0277. The van der Waals surface area contributed by atoms with Gasteiger partial charge in [-0.3, -0.25) is 4.79 Å². The van der Waals surface area contributed by atoms with E-state index in [1.807, 2.05) is 32.0 Å². The third-order valence-electron chi connectivity index (χ3n) is 3.01. The smallest absolute Gasteiger partial charge is 0.308 e. The number of aromatic nitrogens is 1. The molecule has 0 atom stereocenters. The fraction of sp³-hybridized carbons (Fsp3) is 0.267. The van der Waals surface area contributed by atoms with Gasteiger partial charge in [0.25, 0.3) is 0 Å². The molecule has 0 saturated heterocycles. The molecule has 2 aromatic rings. The first-order valence-electron chi connectivity index (χ1n) is 6.30. The van der Waals surface area contributed by atoms with Crippen molar-refractivity contribution in [2.75, 3.05) is 0 Å². The molecule has 0 radical (unpaired) electrons. The first kappa shape index (κ1) is 15.5. The van der Waals surface area contributed by atoms with Gasteiger partial charge in [-0.2, -0.15) is 5.26 Å². The van der Waals surface area contributed by atoms with Gasteiger partial charge in [-0.05, 0) is 37.1 Å². The van der Waals surface area contributed by atoms with Gasteiger partial charge in [-0.25, -0.2) is 4.98 Å². The summed E-state index contributed by atoms with van der Waals surface area (Å²) in [6.45, 7) is 3.82. The lowest BCUT2D eigenvalue weighted by Crippen LogP contribution is -1.99. The Labute approximate surface area is 131 Å². The Morgan fingerprint density at radius 1 is 1.48 bits per heavy atom. The molecule has 6 heteroatoms. The van der Waals surface area contributed by atoms with Crippen molar-refractivity contribution >= 4 is 29.1 Å². The lowest BCUT2D eigenvalue weighted by molar-refractivity contribution is -0.136. The maximum Gasteiger partial charge on any atom is 0.308 e. The minimum atomic E-state index is -0.832. The molecule has 21 heavy (non-hydrogen) atoms. The van der Waals surface area contributed by atoms with Crippen LogP contribution in [0.5, 0.6) is 0 Å². The van der Waals surface area contributed by atoms with Gasteiger partial charge in [-0.15, -0.1) is 11.3 Å². The molecule has 0 unspecified atom stereocenters. The van der Waals surface area contributed by atoms with E-state index >= 15 is 0 Å². The number of nitrogens with zero attached hydrogens (tertiary/aromatic N) is 2. The van der Waals surface area contributed by atoms with E-state index in [-0.39, 0.29) is 6.42 Å². The standard InChI is InChI=1S/C15H14N2O2S2/c1-9-5-11(7-16)3-4-12(9)8-20-15-17-10(2)13(21-15)6-14(18)19/h3-5H,6,8H2,1-2H3,(H,18,19). The van der Waals surface area contributed by atoms with Gasteiger partial charge in [-0.1, -0.05) is 17.8 Å². The Balaban J connectivity index is 2.07. The normalized spacial score (nSPS) is 10.3. The number of nitriles is 1. The van der Waals surface area contributed by atoms with Crippen LogP contribution < -0.4 is 0 Å². The van der Waals surface area contributed by atoms with Crippen LogP contribution in [-0.2, 0) is 17.0 Å². The number of carboxylic acids is 1. The Morgan fingerprint density at radius 3 is 2.86 bits per heavy atom. The minimum Gasteiger partial charge on any atom is -0.481 e. The van der Waals surface area contributed by atoms with Crippen molar-refractivity contribution in [3.63, 3.8) is 0 Å². The van der Waals surface area contributed by atoms with E-state index < -0.39 is 5.97 Å². The molecule has 1 heterocycles. The topological polar surface area (TPSA) is 74.0 Å². The lowest BCUT2D eigenvalue weighted by atomic mass is 10.1. The van der Waals surface area contributed by atoms with Crippen LogP contribution in [0.3, 0.4) is 0 Å². The predicted molar refractivity (Wildman–Crippen MR) is 83.6 cm³/mol. The monoisotopic (exact) mass is 318 g/mol. The van der Waals surface area contributed by atoms with E-state index in [0.717, 1.165) is 31.8 Å². The van der Waals surface area contributed by atoms with Crippen molar-refractivity contribution in [1.82, 2.24) is 4.98 Å². The van der Waals surface area contributed by atoms with Crippen LogP contribution in [0.4, 0.5) is 0 Å². The lowest BCUT2D eigenvalue weighted by Gasteiger charge is -2.04. The summed E-state index contributed by atoms with van der Waals surface area (Å²) in [5.74, 6) is -0.0713. The molecule has 0 aliphatic carbocycles. The van der Waals surface area contributed by atoms with Crippen molar-refractivity contribution in [1.29, 1.82) is 5.26 Å². The number of aliphatic carboxylic acids is 1. The summed E-state index contributed by atoms with van der Waals surface area (Å²) in [5, 5.41) is 17.7. The maximum atomic E-state index is 10.8. The number of hydrogen-bond donors (Lipinski definition) is 1. The van der Waals surface area contributed by atoms with Crippen LogP contribution in [-0.4, -0.2) is 16.1 Å². The second-order valence-corrected chi connectivity index (χ2v) is 6.91. The molecule has 1 N–H and O–H groups in total. The first-order valence-corrected chi connectivity index (χ1v) is 8.10. The van der Waals surface area contributed by atoms with Crippen molar-refractivity contribution in [3.8, 4) is 6.07 Å². The SMILES string of the molecule is Cc1cc(C#N)ccc1CSc1nc(C)c(CC(=O)O)s1. The molecule has 1 aromatic carbocycles. The highest BCUT2D eigenvalue weighted by molar-refractivity contribution is 8.00. The zero-order chi connectivity index (χ0) is 15.4. The summed E-state index contributed by atoms with van der Waals surface area (Å²) in [5.41, 5.74) is 3.70. The van der Waals surface area contributed by atoms with Crippen LogP contribution in [0.1, 0.15) is 27.3 Å². The number of aryl methyl sites for hydroxylation is 2. The Morgan fingerprint density at radius 2 is 2.24 bits per heavy atom. The number of thioether (sulfide) groups is 1. The van der Waals surface area contributed by atoms with Crippen molar-refractivity contribution in [2.24, 2.45) is 0 Å². The molecule has 1 aromatic heterocycles. The number of thiazole rings is 1. The van der Waals surface area contributed by atoms with Gasteiger partial charge in [0.05, 0.1) is 23.7 Å². The number of rotatable bonds is 5. The number of carbonyl (C=O) groups is 1. The first-order chi connectivity index (χ1) is 9.99. The fourth-order valence-electron chi connectivity index (χ4n) is 1.83. The second kappa shape index (κ2) is 6.74. The van der Waals surface area contributed by atoms with Crippen LogP contribution in [0.25, 0.3) is 0 Å². The van der Waals surface area contributed by atoms with Gasteiger partial charge in [0.1, 0.15) is 0 Å². The average molecular weight is 318 g/mol. The van der Waals surface area contributed by atoms with Gasteiger partial charge in [0.2, 0.25) is 0 Å². The summed E-state index contributed by atoms with van der Waals surface area (Å²) >= 11 is 3.03. The number of hydrogen-bond acceptors (Lipinski definition) is 5. The van der Waals surface area contributed by atoms with E-state index in [4.69, 9.17) is 10.4 Å². The van der Waals surface area contributed by atoms with E-state index in [1.165, 1.54) is 11.3 Å². The Kier molecular flexibility index (Phi) is 4.99.